The summed E-state index contributed by atoms with van der Waals surface area (Å²) in [7, 11) is 1.63. The number of methoxy groups -OCH3 is 1. The Labute approximate surface area is 286 Å². The molecule has 46 heavy (non-hydrogen) atoms. The van der Waals surface area contributed by atoms with Gasteiger partial charge >= 0.3 is 0 Å². The minimum absolute atomic E-state index is 0.0505. The minimum atomic E-state index is -1.46. The standard InChI is InChI=1S/C35H34BrCl2N3O5/c1-44-28-8-4-6-23(20-28)16-17-39-41-34(43)35(22-25-7-2-3-9-30(25)36)32(29-15-12-26(37)21-31(29)38)46-33(40-35)24-10-13-27(14-11-24)45-19-5-18-42/h2-4,6-15,20-21,32,39,42H,5,16-19,22H2,1H3,(H,41,43)/t32-,35-/m0/s1. The van der Waals surface area contributed by atoms with Crippen LogP contribution in [0.15, 0.2) is 100 Å². The number of halogens is 3. The number of aliphatic imine (C=N–C) groups is 1. The van der Waals surface area contributed by atoms with Gasteiger partial charge in [-0.3, -0.25) is 10.2 Å². The van der Waals surface area contributed by atoms with Crippen molar-refractivity contribution < 1.29 is 24.1 Å². The third-order valence-electron chi connectivity index (χ3n) is 7.57. The van der Waals surface area contributed by atoms with E-state index in [4.69, 9.17) is 47.5 Å². The summed E-state index contributed by atoms with van der Waals surface area (Å²) < 4.78 is 18.4. The van der Waals surface area contributed by atoms with Gasteiger partial charge in [0.15, 0.2) is 11.6 Å². The Morgan fingerprint density at radius 1 is 1.02 bits per heavy atom. The fourth-order valence-corrected chi connectivity index (χ4v) is 6.12. The van der Waals surface area contributed by atoms with E-state index >= 15 is 0 Å². The zero-order chi connectivity index (χ0) is 32.5. The zero-order valence-electron chi connectivity index (χ0n) is 25.1. The van der Waals surface area contributed by atoms with Crippen LogP contribution >= 0.6 is 39.1 Å². The topological polar surface area (TPSA) is 101 Å². The van der Waals surface area contributed by atoms with Crippen molar-refractivity contribution in [3.8, 4) is 11.5 Å². The second kappa shape index (κ2) is 15.8. The first-order valence-electron chi connectivity index (χ1n) is 14.8. The number of aliphatic hydroxyl groups is 1. The molecule has 1 aliphatic heterocycles. The van der Waals surface area contributed by atoms with E-state index in [1.807, 2.05) is 60.7 Å². The van der Waals surface area contributed by atoms with Crippen LogP contribution in [0.25, 0.3) is 0 Å². The predicted octanol–water partition coefficient (Wildman–Crippen LogP) is 6.89. The molecular formula is C35H34BrCl2N3O5. The average molecular weight is 727 g/mol. The van der Waals surface area contributed by atoms with Crippen molar-refractivity contribution in [2.75, 3.05) is 26.9 Å². The average Bonchev–Trinajstić information content (AvgIpc) is 3.44. The Morgan fingerprint density at radius 2 is 1.83 bits per heavy atom. The van der Waals surface area contributed by atoms with Gasteiger partial charge in [-0.05, 0) is 72.1 Å². The second-order valence-corrected chi connectivity index (χ2v) is 12.4. The molecule has 5 rings (SSSR count). The molecule has 0 bridgehead atoms. The number of carbonyl (C=O) groups is 1. The summed E-state index contributed by atoms with van der Waals surface area (Å²) in [5.74, 6) is 1.32. The zero-order valence-corrected chi connectivity index (χ0v) is 28.2. The first-order valence-corrected chi connectivity index (χ1v) is 16.3. The number of hydrogen-bond acceptors (Lipinski definition) is 7. The Hall–Kier alpha value is -3.60. The van der Waals surface area contributed by atoms with Crippen molar-refractivity contribution in [2.24, 2.45) is 4.99 Å². The number of benzene rings is 4. The number of aliphatic hydroxyl groups excluding tert-OH is 1. The fourth-order valence-electron chi connectivity index (χ4n) is 5.19. The van der Waals surface area contributed by atoms with Crippen LogP contribution in [0.1, 0.15) is 34.8 Å². The van der Waals surface area contributed by atoms with Crippen LogP contribution in [0.3, 0.4) is 0 Å². The van der Waals surface area contributed by atoms with Gasteiger partial charge < -0.3 is 19.3 Å². The van der Waals surface area contributed by atoms with E-state index in [9.17, 15) is 4.79 Å². The number of nitrogens with one attached hydrogen (secondary N) is 2. The minimum Gasteiger partial charge on any atom is -0.497 e. The van der Waals surface area contributed by atoms with E-state index in [1.165, 1.54) is 0 Å². The first-order chi connectivity index (χ1) is 22.3. The molecule has 11 heteroatoms. The van der Waals surface area contributed by atoms with Gasteiger partial charge in [0.1, 0.15) is 11.5 Å². The Bertz CT molecular complexity index is 1690. The van der Waals surface area contributed by atoms with Crippen molar-refractivity contribution >= 4 is 50.9 Å². The summed E-state index contributed by atoms with van der Waals surface area (Å²) in [6, 6.07) is 27.9. The summed E-state index contributed by atoms with van der Waals surface area (Å²) in [4.78, 5) is 19.5. The molecule has 0 radical (unpaired) electrons. The molecule has 0 saturated heterocycles. The van der Waals surface area contributed by atoms with E-state index in [-0.39, 0.29) is 24.8 Å². The lowest BCUT2D eigenvalue weighted by molar-refractivity contribution is -0.130. The Balaban J connectivity index is 1.49. The normalized spacial score (nSPS) is 17.2. The van der Waals surface area contributed by atoms with Gasteiger partial charge in [0.2, 0.25) is 5.90 Å². The lowest BCUT2D eigenvalue weighted by Crippen LogP contribution is -2.54. The first kappa shape index (κ1) is 33.8. The lowest BCUT2D eigenvalue weighted by atomic mass is 9.82. The van der Waals surface area contributed by atoms with Gasteiger partial charge in [0, 0.05) is 51.6 Å². The third-order valence-corrected chi connectivity index (χ3v) is 8.90. The summed E-state index contributed by atoms with van der Waals surface area (Å²) in [5.41, 5.74) is 7.70. The van der Waals surface area contributed by atoms with Crippen LogP contribution in [0, 0.1) is 0 Å². The van der Waals surface area contributed by atoms with Gasteiger partial charge in [-0.25, -0.2) is 10.4 Å². The van der Waals surface area contributed by atoms with E-state index in [1.54, 1.807) is 37.4 Å². The second-order valence-electron chi connectivity index (χ2n) is 10.7. The summed E-state index contributed by atoms with van der Waals surface area (Å²) in [5, 5.41) is 9.89. The van der Waals surface area contributed by atoms with E-state index < -0.39 is 11.6 Å². The quantitative estimate of drug-likeness (QED) is 0.0967. The molecular weight excluding hydrogens is 693 g/mol. The number of ether oxygens (including phenoxy) is 3. The van der Waals surface area contributed by atoms with Gasteiger partial charge in [0.25, 0.3) is 5.91 Å². The van der Waals surface area contributed by atoms with E-state index in [0.29, 0.717) is 52.9 Å². The molecule has 3 N–H and O–H groups in total. The smallest absolute Gasteiger partial charge is 0.266 e. The predicted molar refractivity (Wildman–Crippen MR) is 184 cm³/mol. The van der Waals surface area contributed by atoms with Crippen LogP contribution < -0.4 is 20.3 Å². The van der Waals surface area contributed by atoms with Crippen LogP contribution in [-0.4, -0.2) is 49.3 Å². The number of hydrogen-bond donors (Lipinski definition) is 3. The summed E-state index contributed by atoms with van der Waals surface area (Å²) >= 11 is 16.7. The molecule has 0 saturated carbocycles. The maximum Gasteiger partial charge on any atom is 0.266 e. The van der Waals surface area contributed by atoms with Crippen LogP contribution in [0.2, 0.25) is 10.0 Å². The van der Waals surface area contributed by atoms with Gasteiger partial charge in [-0.15, -0.1) is 0 Å². The highest BCUT2D eigenvalue weighted by Gasteiger charge is 2.54. The molecule has 1 amide bonds. The largest absolute Gasteiger partial charge is 0.497 e. The van der Waals surface area contributed by atoms with Crippen molar-refractivity contribution in [3.05, 3.63) is 128 Å². The number of nitrogens with zero attached hydrogens (tertiary/aromatic N) is 1. The van der Waals surface area contributed by atoms with Gasteiger partial charge in [0.05, 0.1) is 13.7 Å². The van der Waals surface area contributed by atoms with Crippen molar-refractivity contribution in [1.29, 1.82) is 0 Å². The highest BCUT2D eigenvalue weighted by Crippen LogP contribution is 2.45. The molecule has 0 aliphatic carbocycles. The molecule has 0 fully saturated rings. The van der Waals surface area contributed by atoms with Crippen LogP contribution in [0.4, 0.5) is 0 Å². The molecule has 0 spiro atoms. The number of hydrazine groups is 1. The molecule has 240 valence electrons. The van der Waals surface area contributed by atoms with Crippen LogP contribution in [0.5, 0.6) is 11.5 Å². The highest BCUT2D eigenvalue weighted by atomic mass is 79.9. The SMILES string of the molecule is COc1cccc(CCNNC(=O)[C@@]2(Cc3ccccc3Br)N=C(c3ccc(OCCCO)cc3)O[C@H]2c2ccc(Cl)cc2Cl)c1. The molecule has 0 unspecified atom stereocenters. The molecule has 2 atom stereocenters. The molecule has 0 aromatic heterocycles. The van der Waals surface area contributed by atoms with Crippen LogP contribution in [-0.2, 0) is 22.4 Å². The molecule has 1 aliphatic rings. The summed E-state index contributed by atoms with van der Waals surface area (Å²) in [6.07, 6.45) is 0.494. The molecule has 4 aromatic rings. The lowest BCUT2D eigenvalue weighted by Gasteiger charge is -2.31. The monoisotopic (exact) mass is 725 g/mol. The Morgan fingerprint density at radius 3 is 2.57 bits per heavy atom. The third kappa shape index (κ3) is 8.03. The number of amides is 1. The summed E-state index contributed by atoms with van der Waals surface area (Å²) in [6.45, 7) is 0.908. The van der Waals surface area contributed by atoms with Gasteiger partial charge in [-0.1, -0.05) is 75.5 Å². The van der Waals surface area contributed by atoms with Crippen molar-refractivity contribution in [3.63, 3.8) is 0 Å². The fraction of sp³-hybridized carbons (Fsp3) is 0.257. The maximum absolute atomic E-state index is 14.4. The molecule has 8 nitrogen and oxygen atoms in total. The molecule has 1 heterocycles. The number of rotatable bonds is 14. The van der Waals surface area contributed by atoms with Crippen molar-refractivity contribution in [2.45, 2.75) is 30.9 Å². The highest BCUT2D eigenvalue weighted by molar-refractivity contribution is 9.10. The van der Waals surface area contributed by atoms with Crippen molar-refractivity contribution in [1.82, 2.24) is 10.9 Å². The number of carbonyl (C=O) groups excluding carboxylic acids is 1. The van der Waals surface area contributed by atoms with E-state index in [2.05, 4.69) is 26.8 Å². The molecule has 4 aromatic carbocycles. The maximum atomic E-state index is 14.4. The van der Waals surface area contributed by atoms with E-state index in [0.717, 1.165) is 21.3 Å². The Kier molecular flexibility index (Phi) is 11.6. The van der Waals surface area contributed by atoms with Gasteiger partial charge in [-0.2, -0.15) is 0 Å².